The minimum atomic E-state index is -0.937. The summed E-state index contributed by atoms with van der Waals surface area (Å²) in [4.78, 5) is 12.6. The molecule has 0 aliphatic carbocycles. The summed E-state index contributed by atoms with van der Waals surface area (Å²) in [7, 11) is 0. The molecule has 0 aromatic heterocycles. The highest BCUT2D eigenvalue weighted by Crippen LogP contribution is 2.27. The number of benzene rings is 1. The molecule has 1 heterocycles. The zero-order valence-electron chi connectivity index (χ0n) is 11.1. The largest absolute Gasteiger partial charge is 0.508 e. The Labute approximate surface area is 122 Å². The van der Waals surface area contributed by atoms with Crippen molar-refractivity contribution in [2.75, 3.05) is 19.7 Å². The summed E-state index contributed by atoms with van der Waals surface area (Å²) >= 11 is 6.09. The summed E-state index contributed by atoms with van der Waals surface area (Å²) in [6.07, 6.45) is 1.58. The topological polar surface area (TPSA) is 70.0 Å². The van der Waals surface area contributed by atoms with Crippen molar-refractivity contribution in [1.29, 1.82) is 0 Å². The number of ether oxygens (including phenoxy) is 1. The first kappa shape index (κ1) is 15.1. The van der Waals surface area contributed by atoms with Crippen molar-refractivity contribution in [3.63, 3.8) is 0 Å². The number of nitrogens with zero attached hydrogens (tertiary/aromatic N) is 1. The number of phenolic OH excluding ortho intramolecular Hbond substituents is 1. The molecule has 0 amide bonds. The number of hydrogen-bond donors (Lipinski definition) is 2. The molecule has 20 heavy (non-hydrogen) atoms. The Hall–Kier alpha value is -1.30. The van der Waals surface area contributed by atoms with Gasteiger partial charge in [-0.25, -0.2) is 4.79 Å². The van der Waals surface area contributed by atoms with Crippen LogP contribution < -0.4 is 0 Å². The zero-order chi connectivity index (χ0) is 14.5. The molecule has 6 heteroatoms. The Balaban J connectivity index is 1.84. The standard InChI is InChI=1S/C14H18ClNO4/c15-12-2-1-3-13(17)11(12)8-16-6-4-10(5-7-16)20-9-14(18)19/h1-3,10,17H,4-9H2,(H,18,19). The first-order valence-electron chi connectivity index (χ1n) is 6.58. The monoisotopic (exact) mass is 299 g/mol. The summed E-state index contributed by atoms with van der Waals surface area (Å²) in [6, 6.07) is 5.11. The lowest BCUT2D eigenvalue weighted by Gasteiger charge is -2.31. The van der Waals surface area contributed by atoms with Crippen LogP contribution in [0.15, 0.2) is 18.2 Å². The number of carboxylic acid groups (broad SMARTS) is 1. The maximum atomic E-state index is 10.4. The van der Waals surface area contributed by atoms with E-state index < -0.39 is 5.97 Å². The highest BCUT2D eigenvalue weighted by atomic mass is 35.5. The second kappa shape index (κ2) is 6.92. The van der Waals surface area contributed by atoms with E-state index in [1.54, 1.807) is 18.2 Å². The third kappa shape index (κ3) is 4.10. The van der Waals surface area contributed by atoms with Crippen LogP contribution in [0.3, 0.4) is 0 Å². The molecule has 0 radical (unpaired) electrons. The number of aliphatic carboxylic acids is 1. The molecular weight excluding hydrogens is 282 g/mol. The predicted molar refractivity (Wildman–Crippen MR) is 75.0 cm³/mol. The van der Waals surface area contributed by atoms with Gasteiger partial charge >= 0.3 is 5.97 Å². The lowest BCUT2D eigenvalue weighted by atomic mass is 10.1. The third-order valence-electron chi connectivity index (χ3n) is 3.45. The van der Waals surface area contributed by atoms with E-state index in [1.165, 1.54) is 0 Å². The van der Waals surface area contributed by atoms with Crippen LogP contribution in [0.4, 0.5) is 0 Å². The molecule has 1 aromatic rings. The molecule has 1 aromatic carbocycles. The molecule has 1 saturated heterocycles. The van der Waals surface area contributed by atoms with Gasteiger partial charge in [-0.3, -0.25) is 4.90 Å². The normalized spacial score (nSPS) is 17.2. The van der Waals surface area contributed by atoms with Gasteiger partial charge in [-0.15, -0.1) is 0 Å². The van der Waals surface area contributed by atoms with Crippen molar-refractivity contribution in [3.05, 3.63) is 28.8 Å². The smallest absolute Gasteiger partial charge is 0.329 e. The van der Waals surface area contributed by atoms with Gasteiger partial charge in [-0.2, -0.15) is 0 Å². The highest BCUT2D eigenvalue weighted by molar-refractivity contribution is 6.31. The summed E-state index contributed by atoms with van der Waals surface area (Å²) in [5.74, 6) is -0.727. The van der Waals surface area contributed by atoms with Gasteiger partial charge in [0.15, 0.2) is 0 Å². The number of phenols is 1. The van der Waals surface area contributed by atoms with Crippen molar-refractivity contribution in [2.24, 2.45) is 0 Å². The Morgan fingerprint density at radius 3 is 2.70 bits per heavy atom. The van der Waals surface area contributed by atoms with E-state index in [9.17, 15) is 9.90 Å². The van der Waals surface area contributed by atoms with Crippen LogP contribution in [0.5, 0.6) is 5.75 Å². The maximum absolute atomic E-state index is 10.4. The quantitative estimate of drug-likeness (QED) is 0.871. The van der Waals surface area contributed by atoms with E-state index in [1.807, 2.05) is 0 Å². The minimum Gasteiger partial charge on any atom is -0.508 e. The molecule has 1 fully saturated rings. The Kier molecular flexibility index (Phi) is 5.23. The fraction of sp³-hybridized carbons (Fsp3) is 0.500. The van der Waals surface area contributed by atoms with Gasteiger partial charge in [0.25, 0.3) is 0 Å². The van der Waals surface area contributed by atoms with Crippen LogP contribution in [0.2, 0.25) is 5.02 Å². The predicted octanol–water partition coefficient (Wildman–Crippen LogP) is 2.11. The van der Waals surface area contributed by atoms with Crippen molar-refractivity contribution in [3.8, 4) is 5.75 Å². The molecule has 0 saturated carbocycles. The molecule has 0 atom stereocenters. The molecule has 110 valence electrons. The number of aromatic hydroxyl groups is 1. The Morgan fingerprint density at radius 1 is 1.40 bits per heavy atom. The number of piperidine rings is 1. The van der Waals surface area contributed by atoms with E-state index in [2.05, 4.69) is 4.90 Å². The van der Waals surface area contributed by atoms with E-state index in [4.69, 9.17) is 21.4 Å². The van der Waals surface area contributed by atoms with E-state index in [0.29, 0.717) is 11.6 Å². The highest BCUT2D eigenvalue weighted by Gasteiger charge is 2.21. The summed E-state index contributed by atoms with van der Waals surface area (Å²) < 4.78 is 5.29. The number of likely N-dealkylation sites (tertiary alicyclic amines) is 1. The van der Waals surface area contributed by atoms with Crippen LogP contribution in [0.1, 0.15) is 18.4 Å². The van der Waals surface area contributed by atoms with Gasteiger partial charge in [-0.1, -0.05) is 17.7 Å². The molecular formula is C14H18ClNO4. The van der Waals surface area contributed by atoms with Crippen LogP contribution in [0, 0.1) is 0 Å². The van der Waals surface area contributed by atoms with Crippen molar-refractivity contribution < 1.29 is 19.7 Å². The van der Waals surface area contributed by atoms with Gasteiger partial charge < -0.3 is 14.9 Å². The van der Waals surface area contributed by atoms with E-state index in [0.717, 1.165) is 31.5 Å². The molecule has 2 N–H and O–H groups in total. The summed E-state index contributed by atoms with van der Waals surface area (Å²) in [6.45, 7) is 1.96. The first-order chi connectivity index (χ1) is 9.56. The summed E-state index contributed by atoms with van der Waals surface area (Å²) in [5.41, 5.74) is 0.735. The molecule has 1 aliphatic heterocycles. The number of hydrogen-bond acceptors (Lipinski definition) is 4. The van der Waals surface area contributed by atoms with Crippen LogP contribution in [-0.2, 0) is 16.1 Å². The second-order valence-corrected chi connectivity index (χ2v) is 5.32. The molecule has 2 rings (SSSR count). The molecule has 1 aliphatic rings. The fourth-order valence-corrected chi connectivity index (χ4v) is 2.58. The van der Waals surface area contributed by atoms with E-state index >= 15 is 0 Å². The molecule has 5 nitrogen and oxygen atoms in total. The van der Waals surface area contributed by atoms with Gasteiger partial charge in [0.1, 0.15) is 12.4 Å². The van der Waals surface area contributed by atoms with Gasteiger partial charge in [0.2, 0.25) is 0 Å². The Bertz CT molecular complexity index is 452. The third-order valence-corrected chi connectivity index (χ3v) is 3.81. The molecule has 0 spiro atoms. The molecule has 0 bridgehead atoms. The number of carboxylic acids is 1. The van der Waals surface area contributed by atoms with Crippen molar-refractivity contribution in [2.45, 2.75) is 25.5 Å². The minimum absolute atomic E-state index is 0.00203. The van der Waals surface area contributed by atoms with Gasteiger partial charge in [0.05, 0.1) is 6.10 Å². The molecule has 0 unspecified atom stereocenters. The van der Waals surface area contributed by atoms with Crippen LogP contribution >= 0.6 is 11.6 Å². The fourth-order valence-electron chi connectivity index (χ4n) is 2.35. The second-order valence-electron chi connectivity index (χ2n) is 4.92. The average molecular weight is 300 g/mol. The number of carbonyl (C=O) groups is 1. The van der Waals surface area contributed by atoms with Crippen LogP contribution in [0.25, 0.3) is 0 Å². The van der Waals surface area contributed by atoms with Gasteiger partial charge in [0, 0.05) is 30.2 Å². The summed E-state index contributed by atoms with van der Waals surface area (Å²) in [5, 5.41) is 19.0. The van der Waals surface area contributed by atoms with Crippen molar-refractivity contribution >= 4 is 17.6 Å². The lowest BCUT2D eigenvalue weighted by molar-refractivity contribution is -0.145. The lowest BCUT2D eigenvalue weighted by Crippen LogP contribution is -2.37. The first-order valence-corrected chi connectivity index (χ1v) is 6.96. The SMILES string of the molecule is O=C(O)COC1CCN(Cc2c(O)cccc2Cl)CC1. The number of halogens is 1. The Morgan fingerprint density at radius 2 is 2.10 bits per heavy atom. The number of rotatable bonds is 5. The zero-order valence-corrected chi connectivity index (χ0v) is 11.8. The maximum Gasteiger partial charge on any atom is 0.329 e. The van der Waals surface area contributed by atoms with Gasteiger partial charge in [-0.05, 0) is 25.0 Å². The van der Waals surface area contributed by atoms with Crippen LogP contribution in [-0.4, -0.2) is 46.9 Å². The average Bonchev–Trinajstić information content (AvgIpc) is 2.42. The van der Waals surface area contributed by atoms with Crippen molar-refractivity contribution in [1.82, 2.24) is 4.90 Å². The van der Waals surface area contributed by atoms with E-state index in [-0.39, 0.29) is 18.5 Å².